The second-order valence-corrected chi connectivity index (χ2v) is 8.42. The number of ether oxygens (including phenoxy) is 1. The lowest BCUT2D eigenvalue weighted by Gasteiger charge is -2.59. The largest absolute Gasteiger partial charge is 0.429 e. The molecule has 3 aliphatic rings. The Hall–Kier alpha value is -1.09. The van der Waals surface area contributed by atoms with Gasteiger partial charge < -0.3 is 9.84 Å². The first-order valence-electron chi connectivity index (χ1n) is 9.05. The first kappa shape index (κ1) is 16.8. The lowest BCUT2D eigenvalue weighted by Crippen LogP contribution is -2.50. The molecule has 128 valence electrons. The summed E-state index contributed by atoms with van der Waals surface area (Å²) >= 11 is 0. The summed E-state index contributed by atoms with van der Waals surface area (Å²) in [5.74, 6) is 0.892. The summed E-state index contributed by atoms with van der Waals surface area (Å²) in [6, 6.07) is 0. The van der Waals surface area contributed by atoms with Crippen LogP contribution in [0.15, 0.2) is 23.8 Å². The van der Waals surface area contributed by atoms with E-state index >= 15 is 0 Å². The molecular formula is C20H30O3. The maximum atomic E-state index is 11.3. The third kappa shape index (κ3) is 2.67. The van der Waals surface area contributed by atoms with Crippen molar-refractivity contribution in [2.45, 2.75) is 72.0 Å². The fourth-order valence-corrected chi connectivity index (χ4v) is 5.44. The van der Waals surface area contributed by atoms with Gasteiger partial charge >= 0.3 is 5.97 Å². The van der Waals surface area contributed by atoms with Crippen LogP contribution in [-0.2, 0) is 9.53 Å². The number of carbonyl (C=O) groups excluding carboxylic acids is 1. The summed E-state index contributed by atoms with van der Waals surface area (Å²) in [7, 11) is 0. The lowest BCUT2D eigenvalue weighted by molar-refractivity contribution is -0.151. The minimum atomic E-state index is -1.03. The van der Waals surface area contributed by atoms with E-state index in [4.69, 9.17) is 4.74 Å². The Labute approximate surface area is 139 Å². The number of cyclic esters (lactones) is 1. The normalized spacial score (nSPS) is 43.8. The molecule has 1 N–H and O–H groups in total. The molecule has 3 nitrogen and oxygen atoms in total. The molecule has 0 bridgehead atoms. The number of esters is 1. The van der Waals surface area contributed by atoms with Crippen molar-refractivity contribution in [3.63, 3.8) is 0 Å². The van der Waals surface area contributed by atoms with E-state index in [0.29, 0.717) is 11.8 Å². The molecule has 1 aliphatic heterocycles. The molecule has 2 saturated carbocycles. The van der Waals surface area contributed by atoms with Crippen LogP contribution in [0.2, 0.25) is 0 Å². The number of carbonyl (C=O) groups is 1. The molecule has 2 aliphatic carbocycles. The standard InChI is InChI=1S/C20H30O3/c1-13-6-5-7-16-19(13,3)10-8-14(2)20(16,4)11-9-15-12-17(21)23-18(15)22/h12,14,16,18,22H,1,5-11H2,2-4H3/t14-,16+,18-,19+,20+/m1/s1. The number of hydrogen-bond acceptors (Lipinski definition) is 3. The number of hydrogen-bond donors (Lipinski definition) is 1. The van der Waals surface area contributed by atoms with Gasteiger partial charge in [-0.2, -0.15) is 0 Å². The lowest BCUT2D eigenvalue weighted by atomic mass is 9.46. The van der Waals surface area contributed by atoms with Crippen LogP contribution in [0.5, 0.6) is 0 Å². The maximum Gasteiger partial charge on any atom is 0.333 e. The van der Waals surface area contributed by atoms with E-state index in [-0.39, 0.29) is 10.8 Å². The molecule has 2 fully saturated rings. The van der Waals surface area contributed by atoms with Crippen LogP contribution < -0.4 is 0 Å². The Balaban J connectivity index is 1.81. The van der Waals surface area contributed by atoms with E-state index in [1.807, 2.05) is 0 Å². The highest BCUT2D eigenvalue weighted by Crippen LogP contribution is 2.62. The van der Waals surface area contributed by atoms with Gasteiger partial charge in [-0.15, -0.1) is 0 Å². The van der Waals surface area contributed by atoms with Crippen LogP contribution in [0, 0.1) is 22.7 Å². The highest BCUT2D eigenvalue weighted by Gasteiger charge is 2.53. The number of aliphatic hydroxyl groups is 1. The van der Waals surface area contributed by atoms with Crippen LogP contribution >= 0.6 is 0 Å². The third-order valence-corrected chi connectivity index (χ3v) is 7.37. The molecule has 0 spiro atoms. The Kier molecular flexibility index (Phi) is 4.20. The van der Waals surface area contributed by atoms with Crippen LogP contribution in [0.3, 0.4) is 0 Å². The van der Waals surface area contributed by atoms with Crippen LogP contribution in [0.1, 0.15) is 65.7 Å². The Morgan fingerprint density at radius 3 is 2.78 bits per heavy atom. The van der Waals surface area contributed by atoms with E-state index in [1.54, 1.807) is 0 Å². The fourth-order valence-electron chi connectivity index (χ4n) is 5.44. The van der Waals surface area contributed by atoms with E-state index < -0.39 is 12.3 Å². The van der Waals surface area contributed by atoms with Crippen molar-refractivity contribution in [1.82, 2.24) is 0 Å². The summed E-state index contributed by atoms with van der Waals surface area (Å²) < 4.78 is 4.83. The Bertz CT molecular complexity index is 549. The SMILES string of the molecule is C=C1CCC[C@@H]2[C@@](C)(CCC3=CC(=O)O[C@H]3O)[C@H](C)CC[C@@]12C. The van der Waals surface area contributed by atoms with Crippen molar-refractivity contribution in [3.8, 4) is 0 Å². The summed E-state index contributed by atoms with van der Waals surface area (Å²) in [5, 5.41) is 9.84. The van der Waals surface area contributed by atoms with Gasteiger partial charge in [-0.05, 0) is 67.6 Å². The topological polar surface area (TPSA) is 46.5 Å². The zero-order valence-electron chi connectivity index (χ0n) is 14.7. The number of allylic oxidation sites excluding steroid dienone is 1. The van der Waals surface area contributed by atoms with Crippen molar-refractivity contribution >= 4 is 5.97 Å². The molecule has 0 aromatic rings. The van der Waals surface area contributed by atoms with Gasteiger partial charge in [-0.25, -0.2) is 4.79 Å². The molecule has 0 unspecified atom stereocenters. The van der Waals surface area contributed by atoms with Gasteiger partial charge in [0.15, 0.2) is 0 Å². The van der Waals surface area contributed by atoms with Crippen molar-refractivity contribution in [2.75, 3.05) is 0 Å². The van der Waals surface area contributed by atoms with E-state index in [0.717, 1.165) is 18.4 Å². The molecule has 0 amide bonds. The molecule has 3 rings (SSSR count). The minimum Gasteiger partial charge on any atom is -0.429 e. The van der Waals surface area contributed by atoms with Gasteiger partial charge in [-0.1, -0.05) is 32.9 Å². The number of aliphatic hydroxyl groups excluding tert-OH is 1. The minimum absolute atomic E-state index is 0.225. The van der Waals surface area contributed by atoms with Crippen molar-refractivity contribution in [1.29, 1.82) is 0 Å². The highest BCUT2D eigenvalue weighted by atomic mass is 16.6. The van der Waals surface area contributed by atoms with Gasteiger partial charge in [0.05, 0.1) is 0 Å². The van der Waals surface area contributed by atoms with Gasteiger partial charge in [0.25, 0.3) is 0 Å². The molecule has 1 heterocycles. The molecule has 0 aromatic heterocycles. The summed E-state index contributed by atoms with van der Waals surface area (Å²) in [6.45, 7) is 11.6. The van der Waals surface area contributed by atoms with E-state index in [2.05, 4.69) is 27.4 Å². The van der Waals surface area contributed by atoms with Gasteiger partial charge in [0.1, 0.15) is 0 Å². The average molecular weight is 318 g/mol. The summed E-state index contributed by atoms with van der Waals surface area (Å²) in [4.78, 5) is 11.3. The van der Waals surface area contributed by atoms with Crippen LogP contribution in [-0.4, -0.2) is 17.4 Å². The zero-order valence-corrected chi connectivity index (χ0v) is 14.7. The van der Waals surface area contributed by atoms with E-state index in [9.17, 15) is 9.90 Å². The highest BCUT2D eigenvalue weighted by molar-refractivity contribution is 5.85. The van der Waals surface area contributed by atoms with Gasteiger partial charge in [-0.3, -0.25) is 0 Å². The van der Waals surface area contributed by atoms with Crippen molar-refractivity contribution in [3.05, 3.63) is 23.8 Å². The molecular weight excluding hydrogens is 288 g/mol. The maximum absolute atomic E-state index is 11.3. The predicted molar refractivity (Wildman–Crippen MR) is 90.5 cm³/mol. The predicted octanol–water partition coefficient (Wildman–Crippen LogP) is 4.37. The summed E-state index contributed by atoms with van der Waals surface area (Å²) in [5.41, 5.74) is 2.66. The average Bonchev–Trinajstić information content (AvgIpc) is 2.82. The molecule has 3 heteroatoms. The van der Waals surface area contributed by atoms with Crippen LogP contribution in [0.4, 0.5) is 0 Å². The third-order valence-electron chi connectivity index (χ3n) is 7.37. The fraction of sp³-hybridized carbons (Fsp3) is 0.750. The zero-order chi connectivity index (χ0) is 16.8. The Morgan fingerprint density at radius 2 is 2.13 bits per heavy atom. The second kappa shape index (κ2) is 5.77. The van der Waals surface area contributed by atoms with Crippen LogP contribution in [0.25, 0.3) is 0 Å². The Morgan fingerprint density at radius 1 is 1.39 bits per heavy atom. The van der Waals surface area contributed by atoms with Gasteiger partial charge in [0, 0.05) is 11.6 Å². The number of fused-ring (bicyclic) bond motifs is 1. The summed E-state index contributed by atoms with van der Waals surface area (Å²) in [6.07, 6.45) is 8.36. The molecule has 0 saturated heterocycles. The molecule has 0 aromatic carbocycles. The smallest absolute Gasteiger partial charge is 0.333 e. The first-order valence-corrected chi connectivity index (χ1v) is 9.05. The van der Waals surface area contributed by atoms with E-state index in [1.165, 1.54) is 43.8 Å². The first-order chi connectivity index (χ1) is 10.8. The van der Waals surface area contributed by atoms with Gasteiger partial charge in [0.2, 0.25) is 6.29 Å². The molecule has 0 radical (unpaired) electrons. The second-order valence-electron chi connectivity index (χ2n) is 8.42. The number of rotatable bonds is 3. The molecule has 23 heavy (non-hydrogen) atoms. The van der Waals surface area contributed by atoms with Crippen molar-refractivity contribution < 1.29 is 14.6 Å². The molecule has 5 atom stereocenters. The van der Waals surface area contributed by atoms with Crippen molar-refractivity contribution in [2.24, 2.45) is 22.7 Å². The quantitative estimate of drug-likeness (QED) is 0.621. The monoisotopic (exact) mass is 318 g/mol.